The van der Waals surface area contributed by atoms with Crippen molar-refractivity contribution in [2.24, 2.45) is 94.7 Å². The molecule has 0 N–H and O–H groups in total. The molecule has 40 atom stereocenters. The first-order valence-corrected chi connectivity index (χ1v) is 36.4. The second kappa shape index (κ2) is 30.6. The van der Waals surface area contributed by atoms with Gasteiger partial charge in [-0.2, -0.15) is 0 Å². The molecule has 16 nitrogen and oxygen atoms in total. The molecule has 16 unspecified atom stereocenters. The highest BCUT2D eigenvalue weighted by Gasteiger charge is 2.57. The van der Waals surface area contributed by atoms with E-state index in [4.69, 9.17) is 75.8 Å². The van der Waals surface area contributed by atoms with Crippen LogP contribution in [0.25, 0.3) is 0 Å². The first kappa shape index (κ1) is 71.6. The third kappa shape index (κ3) is 14.1. The van der Waals surface area contributed by atoms with E-state index in [2.05, 4.69) is 166 Å². The van der Waals surface area contributed by atoms with E-state index in [1.54, 1.807) is 0 Å². The molecular weight excluding hydrogens is 1120 g/mol. The van der Waals surface area contributed by atoms with E-state index in [0.29, 0.717) is 0 Å². The molecule has 0 aromatic heterocycles. The first-order valence-electron chi connectivity index (χ1n) is 36.4. The minimum absolute atomic E-state index is 0.0418. The van der Waals surface area contributed by atoms with Gasteiger partial charge in [0.1, 0.15) is 0 Å². The van der Waals surface area contributed by atoms with Crippen molar-refractivity contribution in [1.82, 2.24) is 0 Å². The maximum atomic E-state index is 7.23. The Morgan fingerprint density at radius 2 is 0.227 bits per heavy atom. The molecule has 0 aliphatic carbocycles. The van der Waals surface area contributed by atoms with Crippen LogP contribution in [0.4, 0.5) is 0 Å². The van der Waals surface area contributed by atoms with Gasteiger partial charge in [-0.05, 0) is 98.7 Å². The summed E-state index contributed by atoms with van der Waals surface area (Å²) >= 11 is 0. The predicted molar refractivity (Wildman–Crippen MR) is 337 cm³/mol. The summed E-state index contributed by atoms with van der Waals surface area (Å²) in [6, 6.07) is 0. The lowest BCUT2D eigenvalue weighted by Gasteiger charge is -2.53. The van der Waals surface area contributed by atoms with Crippen LogP contribution in [0.3, 0.4) is 0 Å². The standard InChI is InChI=1S/C72H128O16/c1-25-49-57-33(9)41(17)65(73-49)82-58-35(11)43(19)67(75-50(58)26-2)84-60-37(13)45(21)69(77-52(60)28-4)86-62-39(15)47(23)71(79-54(62)30-6)88-64-40(16)48(24)72(80-56(64)32-8)87-63-38(14)46(22)70(78-55(63)31-7)85-61-36(12)44(20)68(76-53(61)29-5)83-59-34(10)42(18)66(81-57)74-51(59)27-3/h33-72H,25-32H2,1-24H3/t33-,34-,35-,36-,37-,38-,39-,40-,41?,42?,43?,44?,45?,46?,47?,48?,49?,50?,51?,52?,53?,54?,55?,56?,57+,58+,59+,60+,61+,62+,63+,64+,65-,66-,67-,68-,69-,70-,71-,72+/m1/s1. The predicted octanol–water partition coefficient (Wildman–Crippen LogP) is 14.3. The Balaban J connectivity index is 0.975. The summed E-state index contributed by atoms with van der Waals surface area (Å²) < 4.78 is 114. The zero-order valence-electron chi connectivity index (χ0n) is 59.3. The van der Waals surface area contributed by atoms with Crippen LogP contribution in [-0.2, 0) is 75.8 Å². The van der Waals surface area contributed by atoms with Crippen molar-refractivity contribution in [3.8, 4) is 0 Å². The second-order valence-corrected chi connectivity index (χ2v) is 30.2. The van der Waals surface area contributed by atoms with Gasteiger partial charge in [0, 0.05) is 47.3 Å². The number of rotatable bonds is 8. The summed E-state index contributed by atoms with van der Waals surface area (Å²) in [5.74, 6) is 1.33. The monoisotopic (exact) mass is 1250 g/mol. The Kier molecular flexibility index (Phi) is 24.9. The molecule has 88 heavy (non-hydrogen) atoms. The van der Waals surface area contributed by atoms with Gasteiger partial charge in [-0.1, -0.05) is 166 Å². The lowest BCUT2D eigenvalue weighted by Crippen LogP contribution is -2.61. The van der Waals surface area contributed by atoms with Crippen LogP contribution in [0.5, 0.6) is 0 Å². The second-order valence-electron chi connectivity index (χ2n) is 30.2. The number of hydrogen-bond acceptors (Lipinski definition) is 16. The van der Waals surface area contributed by atoms with Crippen molar-refractivity contribution in [3.63, 3.8) is 0 Å². The Morgan fingerprint density at radius 3 is 0.307 bits per heavy atom. The molecule has 0 amide bonds. The van der Waals surface area contributed by atoms with Crippen molar-refractivity contribution in [2.45, 2.75) is 366 Å². The van der Waals surface area contributed by atoms with Crippen molar-refractivity contribution in [2.75, 3.05) is 0 Å². The fourth-order valence-electron chi connectivity index (χ4n) is 16.9. The normalized spacial score (nSPS) is 55.4. The van der Waals surface area contributed by atoms with E-state index in [-0.39, 0.29) is 192 Å². The SMILES string of the molecule is CCC1O[C@@H]2O[C@@H]3C(CC)O[C@H](O[C@@H]4C(CC)O[C@H](O[C@@H]5C(CC)O[C@H](O[C@@H]6C(CC)O[C@@H](O[C@@H]7C(CC)O[C@H](O[C@@H]8C(CC)O[C@H](O[C@@H]9C(CC)O[C@H](O[C@H]1[C@H](C)C2C)C(C)[C@H]9C)C(C)[C@H]8C)C(C)[C@H]7C)C(C)[C@H]6C)C(C)[C@H]5C)C(C)[C@H]4C)C(C)[C@H]3C. The minimum atomic E-state index is -0.431. The summed E-state index contributed by atoms with van der Waals surface area (Å²) in [7, 11) is 0. The molecule has 30 aliphatic rings. The lowest BCUT2D eigenvalue weighted by atomic mass is 9.80. The van der Waals surface area contributed by atoms with Gasteiger partial charge < -0.3 is 75.8 Å². The summed E-state index contributed by atoms with van der Waals surface area (Å²) in [4.78, 5) is 0. The summed E-state index contributed by atoms with van der Waals surface area (Å²) in [6.45, 7) is 53.9. The molecule has 30 heterocycles. The van der Waals surface area contributed by atoms with E-state index in [9.17, 15) is 0 Å². The zero-order chi connectivity index (χ0) is 64.1. The topological polar surface area (TPSA) is 148 Å². The van der Waals surface area contributed by atoms with Gasteiger partial charge in [0.25, 0.3) is 0 Å². The highest BCUT2D eigenvalue weighted by molar-refractivity contribution is 4.98. The minimum Gasteiger partial charge on any atom is -0.346 e. The average molecular weight is 1250 g/mol. The Morgan fingerprint density at radius 1 is 0.136 bits per heavy atom. The van der Waals surface area contributed by atoms with Crippen molar-refractivity contribution >= 4 is 0 Å². The first-order chi connectivity index (χ1) is 41.9. The van der Waals surface area contributed by atoms with Crippen molar-refractivity contribution in [1.29, 1.82) is 0 Å². The molecule has 0 radical (unpaired) electrons. The van der Waals surface area contributed by atoms with Crippen LogP contribution >= 0.6 is 0 Å². The molecule has 512 valence electrons. The number of ether oxygens (including phenoxy) is 16. The fraction of sp³-hybridized carbons (Fsp3) is 1.00. The van der Waals surface area contributed by atoms with Gasteiger partial charge in [0.15, 0.2) is 50.3 Å². The largest absolute Gasteiger partial charge is 0.346 e. The maximum Gasteiger partial charge on any atom is 0.161 e. The average Bonchev–Trinajstić information content (AvgIpc) is 0.985. The summed E-state index contributed by atoms with van der Waals surface area (Å²) in [5, 5.41) is 0. The van der Waals surface area contributed by atoms with Gasteiger partial charge in [0.2, 0.25) is 0 Å². The maximum absolute atomic E-state index is 7.23. The van der Waals surface area contributed by atoms with Gasteiger partial charge in [-0.3, -0.25) is 0 Å². The van der Waals surface area contributed by atoms with Crippen LogP contribution in [0.2, 0.25) is 0 Å². The van der Waals surface area contributed by atoms with Crippen molar-refractivity contribution in [3.05, 3.63) is 0 Å². The highest BCUT2D eigenvalue weighted by atomic mass is 16.8. The number of hydrogen-bond donors (Lipinski definition) is 0. The molecule has 30 rings (SSSR count). The molecule has 16 heteroatoms. The fourth-order valence-corrected chi connectivity index (χ4v) is 16.9. The lowest BCUT2D eigenvalue weighted by molar-refractivity contribution is -0.376. The third-order valence-corrected chi connectivity index (χ3v) is 25.2. The Bertz CT molecular complexity index is 1680. The Labute approximate surface area is 533 Å². The molecule has 30 saturated heterocycles. The van der Waals surface area contributed by atoms with E-state index in [1.807, 2.05) is 0 Å². The molecule has 0 spiro atoms. The van der Waals surface area contributed by atoms with Gasteiger partial charge in [-0.25, -0.2) is 0 Å². The van der Waals surface area contributed by atoms with Crippen LogP contribution in [0.1, 0.15) is 218 Å². The molecule has 16 bridgehead atoms. The van der Waals surface area contributed by atoms with Crippen LogP contribution in [0, 0.1) is 94.7 Å². The van der Waals surface area contributed by atoms with Crippen LogP contribution in [0.15, 0.2) is 0 Å². The molecule has 0 aromatic carbocycles. The molecule has 0 saturated carbocycles. The van der Waals surface area contributed by atoms with Crippen LogP contribution < -0.4 is 0 Å². The highest BCUT2D eigenvalue weighted by Crippen LogP contribution is 2.49. The molecule has 30 fully saturated rings. The van der Waals surface area contributed by atoms with Crippen molar-refractivity contribution < 1.29 is 75.8 Å². The molecule has 30 aliphatic heterocycles. The quantitative estimate of drug-likeness (QED) is 0.227. The van der Waals surface area contributed by atoms with Crippen LogP contribution in [-0.4, -0.2) is 148 Å². The summed E-state index contributed by atoms with van der Waals surface area (Å²) in [6.07, 6.45) is -0.261. The van der Waals surface area contributed by atoms with E-state index in [1.165, 1.54) is 0 Å². The van der Waals surface area contributed by atoms with E-state index >= 15 is 0 Å². The van der Waals surface area contributed by atoms with Gasteiger partial charge in [0.05, 0.1) is 97.7 Å². The van der Waals surface area contributed by atoms with Gasteiger partial charge in [-0.15, -0.1) is 0 Å². The van der Waals surface area contributed by atoms with E-state index in [0.717, 1.165) is 51.4 Å². The van der Waals surface area contributed by atoms with E-state index < -0.39 is 50.3 Å². The van der Waals surface area contributed by atoms with Gasteiger partial charge >= 0.3 is 0 Å². The summed E-state index contributed by atoms with van der Waals surface area (Å²) in [5.41, 5.74) is 0. The zero-order valence-corrected chi connectivity index (χ0v) is 59.3. The Hall–Kier alpha value is -0.640. The third-order valence-electron chi connectivity index (χ3n) is 25.2. The molecular formula is C72H128O16. The molecule has 0 aromatic rings. The smallest absolute Gasteiger partial charge is 0.161 e.